The fourth-order valence-corrected chi connectivity index (χ4v) is 4.47. The second-order valence-electron chi connectivity index (χ2n) is 8.76. The van der Waals surface area contributed by atoms with E-state index in [1.165, 1.54) is 6.07 Å². The molecule has 4 aromatic rings. The predicted octanol–water partition coefficient (Wildman–Crippen LogP) is 5.16. The molecule has 0 radical (unpaired) electrons. The molecule has 5 rings (SSSR count). The van der Waals surface area contributed by atoms with E-state index in [-0.39, 0.29) is 11.7 Å². The quantitative estimate of drug-likeness (QED) is 0.424. The van der Waals surface area contributed by atoms with Crippen molar-refractivity contribution in [3.63, 3.8) is 0 Å². The van der Waals surface area contributed by atoms with Crippen LogP contribution in [0.25, 0.3) is 17.1 Å². The van der Waals surface area contributed by atoms with Gasteiger partial charge in [0.2, 0.25) is 0 Å². The van der Waals surface area contributed by atoms with Crippen LogP contribution in [0.15, 0.2) is 65.1 Å². The Morgan fingerprint density at radius 1 is 0.912 bits per heavy atom. The van der Waals surface area contributed by atoms with E-state index in [9.17, 15) is 9.18 Å². The molecule has 3 heterocycles. The maximum Gasteiger partial charge on any atom is 0.272 e. The predicted molar refractivity (Wildman–Crippen MR) is 130 cm³/mol. The molecular weight excluding hydrogens is 431 g/mol. The molecule has 0 saturated carbocycles. The van der Waals surface area contributed by atoms with Crippen LogP contribution in [0.3, 0.4) is 0 Å². The zero-order chi connectivity index (χ0) is 23.8. The summed E-state index contributed by atoms with van der Waals surface area (Å²) in [7, 11) is 0. The number of aryl methyl sites for hydroxylation is 3. The van der Waals surface area contributed by atoms with E-state index in [2.05, 4.69) is 6.07 Å². The highest BCUT2D eigenvalue weighted by Gasteiger charge is 2.28. The number of furan rings is 1. The average molecular weight is 459 g/mol. The second-order valence-corrected chi connectivity index (χ2v) is 8.76. The summed E-state index contributed by atoms with van der Waals surface area (Å²) in [5, 5.41) is 4.76. The first-order chi connectivity index (χ1) is 16.4. The standard InChI is InChI=1S/C27H27FN4O2/c1-18-8-10-23(19(2)16-18)32-25(17-22(29-32)26-11-9-20(3)34-26)27(33)31-14-12-30(13-15-31)24-7-5-4-6-21(24)28/h4-11,16-17H,12-15H2,1-3H3. The van der Waals surface area contributed by atoms with Gasteiger partial charge in [0.05, 0.1) is 11.4 Å². The van der Waals surface area contributed by atoms with E-state index in [0.717, 1.165) is 22.6 Å². The summed E-state index contributed by atoms with van der Waals surface area (Å²) in [5.41, 5.74) is 4.70. The third-order valence-electron chi connectivity index (χ3n) is 6.26. The number of anilines is 1. The van der Waals surface area contributed by atoms with Gasteiger partial charge in [0, 0.05) is 32.2 Å². The normalized spacial score (nSPS) is 14.0. The van der Waals surface area contributed by atoms with Crippen molar-refractivity contribution in [2.24, 2.45) is 0 Å². The van der Waals surface area contributed by atoms with Crippen LogP contribution in [-0.4, -0.2) is 46.8 Å². The van der Waals surface area contributed by atoms with Gasteiger partial charge in [0.1, 0.15) is 23.0 Å². The van der Waals surface area contributed by atoms with Crippen molar-refractivity contribution in [2.45, 2.75) is 20.8 Å². The Labute approximate surface area is 198 Å². The Hall–Kier alpha value is -3.87. The van der Waals surface area contributed by atoms with Crippen LogP contribution in [0.1, 0.15) is 27.4 Å². The fourth-order valence-electron chi connectivity index (χ4n) is 4.47. The molecule has 0 aliphatic carbocycles. The number of nitrogens with zero attached hydrogens (tertiary/aromatic N) is 4. The summed E-state index contributed by atoms with van der Waals surface area (Å²) < 4.78 is 21.7. The van der Waals surface area contributed by atoms with Crippen LogP contribution in [0.4, 0.5) is 10.1 Å². The summed E-state index contributed by atoms with van der Waals surface area (Å²) in [5.74, 6) is 1.07. The highest BCUT2D eigenvalue weighted by atomic mass is 19.1. The Bertz CT molecular complexity index is 1350. The summed E-state index contributed by atoms with van der Waals surface area (Å²) in [4.78, 5) is 17.5. The third-order valence-corrected chi connectivity index (χ3v) is 6.26. The molecule has 7 heteroatoms. The van der Waals surface area contributed by atoms with Crippen LogP contribution in [0, 0.1) is 26.6 Å². The SMILES string of the molecule is Cc1ccc(-n2nc(-c3ccc(C)o3)cc2C(=O)N2CCN(c3ccccc3F)CC2)c(C)c1. The molecule has 6 nitrogen and oxygen atoms in total. The minimum absolute atomic E-state index is 0.102. The molecule has 0 spiro atoms. The minimum atomic E-state index is -0.242. The molecule has 174 valence electrons. The number of hydrogen-bond acceptors (Lipinski definition) is 4. The van der Waals surface area contributed by atoms with E-state index in [1.54, 1.807) is 22.9 Å². The Morgan fingerprint density at radius 2 is 1.68 bits per heavy atom. The number of rotatable bonds is 4. The number of halogens is 1. The fraction of sp³-hybridized carbons (Fsp3) is 0.259. The van der Waals surface area contributed by atoms with Gasteiger partial charge in [-0.05, 0) is 56.7 Å². The lowest BCUT2D eigenvalue weighted by Crippen LogP contribution is -2.49. The first-order valence-electron chi connectivity index (χ1n) is 11.4. The van der Waals surface area contributed by atoms with Crippen LogP contribution >= 0.6 is 0 Å². The molecule has 1 aliphatic rings. The lowest BCUT2D eigenvalue weighted by molar-refractivity contribution is 0.0737. The van der Waals surface area contributed by atoms with E-state index >= 15 is 0 Å². The van der Waals surface area contributed by atoms with Crippen molar-refractivity contribution in [1.29, 1.82) is 0 Å². The molecule has 2 aromatic carbocycles. The van der Waals surface area contributed by atoms with Gasteiger partial charge in [0.15, 0.2) is 5.76 Å². The summed E-state index contributed by atoms with van der Waals surface area (Å²) >= 11 is 0. The van der Waals surface area contributed by atoms with Gasteiger partial charge in [0.25, 0.3) is 5.91 Å². The largest absolute Gasteiger partial charge is 0.460 e. The summed E-state index contributed by atoms with van der Waals surface area (Å²) in [6.07, 6.45) is 0. The van der Waals surface area contributed by atoms with E-state index in [0.29, 0.717) is 49.0 Å². The average Bonchev–Trinajstić information content (AvgIpc) is 3.46. The molecule has 0 bridgehead atoms. The maximum atomic E-state index is 14.2. The Morgan fingerprint density at radius 3 is 2.35 bits per heavy atom. The van der Waals surface area contributed by atoms with Crippen LogP contribution in [0.2, 0.25) is 0 Å². The van der Waals surface area contributed by atoms with Crippen molar-refractivity contribution < 1.29 is 13.6 Å². The second kappa shape index (κ2) is 8.82. The number of piperazine rings is 1. The first-order valence-corrected chi connectivity index (χ1v) is 11.4. The number of carbonyl (C=O) groups is 1. The van der Waals surface area contributed by atoms with Crippen LogP contribution in [0.5, 0.6) is 0 Å². The van der Waals surface area contributed by atoms with Crippen molar-refractivity contribution in [2.75, 3.05) is 31.1 Å². The lowest BCUT2D eigenvalue weighted by Gasteiger charge is -2.36. The first kappa shape index (κ1) is 21.9. The lowest BCUT2D eigenvalue weighted by atomic mass is 10.1. The van der Waals surface area contributed by atoms with Crippen molar-refractivity contribution >= 4 is 11.6 Å². The molecular formula is C27H27FN4O2. The smallest absolute Gasteiger partial charge is 0.272 e. The van der Waals surface area contributed by atoms with E-state index in [1.807, 2.05) is 60.9 Å². The molecule has 0 atom stereocenters. The van der Waals surface area contributed by atoms with Crippen LogP contribution in [-0.2, 0) is 0 Å². The van der Waals surface area contributed by atoms with Crippen molar-refractivity contribution in [3.05, 3.63) is 89.1 Å². The molecule has 0 N–H and O–H groups in total. The van der Waals surface area contributed by atoms with Gasteiger partial charge in [-0.2, -0.15) is 5.10 Å². The molecule has 1 saturated heterocycles. The van der Waals surface area contributed by atoms with Gasteiger partial charge in [-0.3, -0.25) is 4.79 Å². The number of para-hydroxylation sites is 1. The highest BCUT2D eigenvalue weighted by molar-refractivity contribution is 5.94. The highest BCUT2D eigenvalue weighted by Crippen LogP contribution is 2.27. The topological polar surface area (TPSA) is 54.5 Å². The number of hydrogen-bond donors (Lipinski definition) is 0. The molecule has 34 heavy (non-hydrogen) atoms. The monoisotopic (exact) mass is 458 g/mol. The molecule has 1 aliphatic heterocycles. The maximum absolute atomic E-state index is 14.2. The molecule has 1 amide bonds. The number of carbonyl (C=O) groups excluding carboxylic acids is 1. The van der Waals surface area contributed by atoms with E-state index in [4.69, 9.17) is 9.52 Å². The van der Waals surface area contributed by atoms with Crippen molar-refractivity contribution in [1.82, 2.24) is 14.7 Å². The van der Waals surface area contributed by atoms with Crippen LogP contribution < -0.4 is 4.90 Å². The Balaban J connectivity index is 1.46. The zero-order valence-corrected chi connectivity index (χ0v) is 19.6. The molecule has 1 fully saturated rings. The zero-order valence-electron chi connectivity index (χ0n) is 19.6. The van der Waals surface area contributed by atoms with Crippen molar-refractivity contribution in [3.8, 4) is 17.1 Å². The Kier molecular flexibility index (Phi) is 5.69. The summed E-state index contributed by atoms with van der Waals surface area (Å²) in [6, 6.07) is 18.4. The van der Waals surface area contributed by atoms with E-state index < -0.39 is 0 Å². The van der Waals surface area contributed by atoms with Gasteiger partial charge in [-0.15, -0.1) is 0 Å². The van der Waals surface area contributed by atoms with Gasteiger partial charge in [-0.25, -0.2) is 9.07 Å². The van der Waals surface area contributed by atoms with Gasteiger partial charge in [-0.1, -0.05) is 29.8 Å². The molecule has 0 unspecified atom stereocenters. The number of amides is 1. The molecule has 2 aromatic heterocycles. The summed E-state index contributed by atoms with van der Waals surface area (Å²) in [6.45, 7) is 8.07. The third kappa shape index (κ3) is 4.09. The minimum Gasteiger partial charge on any atom is -0.460 e. The van der Waals surface area contributed by atoms with Gasteiger partial charge >= 0.3 is 0 Å². The number of benzene rings is 2. The van der Waals surface area contributed by atoms with Gasteiger partial charge < -0.3 is 14.2 Å². The number of aromatic nitrogens is 2.